The van der Waals surface area contributed by atoms with Crippen LogP contribution in [-0.2, 0) is 16.1 Å². The Hall–Kier alpha value is -4.06. The van der Waals surface area contributed by atoms with Gasteiger partial charge >= 0.3 is 0 Å². The number of nitrogens with zero attached hydrogens (tertiary/aromatic N) is 1. The highest BCUT2D eigenvalue weighted by Crippen LogP contribution is 2.40. The fourth-order valence-corrected chi connectivity index (χ4v) is 4.56. The van der Waals surface area contributed by atoms with Gasteiger partial charge in [0.25, 0.3) is 11.7 Å². The van der Waals surface area contributed by atoms with Crippen molar-refractivity contribution in [3.05, 3.63) is 101 Å². The van der Waals surface area contributed by atoms with Crippen molar-refractivity contribution in [2.75, 3.05) is 0 Å². The molecule has 0 radical (unpaired) electrons. The van der Waals surface area contributed by atoms with Crippen LogP contribution in [0.4, 0.5) is 0 Å². The lowest BCUT2D eigenvalue weighted by Gasteiger charge is -2.26. The molecular formula is C32H35NO5. The van der Waals surface area contributed by atoms with Crippen molar-refractivity contribution < 1.29 is 24.2 Å². The molecule has 0 aromatic heterocycles. The van der Waals surface area contributed by atoms with E-state index in [1.165, 1.54) is 4.90 Å². The van der Waals surface area contributed by atoms with Crippen molar-refractivity contribution in [2.24, 2.45) is 0 Å². The highest BCUT2D eigenvalue weighted by atomic mass is 16.5. The van der Waals surface area contributed by atoms with Crippen LogP contribution in [0.2, 0.25) is 0 Å². The second kappa shape index (κ2) is 10.7. The summed E-state index contributed by atoms with van der Waals surface area (Å²) in [5.41, 5.74) is 2.79. The summed E-state index contributed by atoms with van der Waals surface area (Å²) in [6.07, 6.45) is 0.00943. The van der Waals surface area contributed by atoms with Crippen LogP contribution < -0.4 is 9.47 Å². The number of carbonyl (C=O) groups excluding carboxylic acids is 2. The smallest absolute Gasteiger partial charge is 0.295 e. The van der Waals surface area contributed by atoms with Crippen molar-refractivity contribution in [1.82, 2.24) is 4.90 Å². The summed E-state index contributed by atoms with van der Waals surface area (Å²) in [6.45, 7) is 12.0. The SMILES string of the molecule is Cc1cccc(C2/C(=C(/O)c3ccc(OC(C)C)cc3)C(=O)C(=O)N2Cc2ccc(OC(C)(C)C)cc2)c1. The fourth-order valence-electron chi connectivity index (χ4n) is 4.56. The number of hydrogen-bond donors (Lipinski definition) is 1. The molecule has 3 aromatic rings. The van der Waals surface area contributed by atoms with Gasteiger partial charge in [0, 0.05) is 12.1 Å². The molecular weight excluding hydrogens is 478 g/mol. The maximum absolute atomic E-state index is 13.4. The molecule has 1 atom stereocenters. The van der Waals surface area contributed by atoms with Gasteiger partial charge in [0.15, 0.2) is 0 Å². The summed E-state index contributed by atoms with van der Waals surface area (Å²) in [4.78, 5) is 28.2. The number of ketones is 1. The van der Waals surface area contributed by atoms with Gasteiger partial charge in [-0.05, 0) is 89.1 Å². The van der Waals surface area contributed by atoms with E-state index in [0.717, 1.165) is 22.4 Å². The van der Waals surface area contributed by atoms with Gasteiger partial charge in [-0.3, -0.25) is 9.59 Å². The molecule has 3 aromatic carbocycles. The second-order valence-electron chi connectivity index (χ2n) is 10.9. The summed E-state index contributed by atoms with van der Waals surface area (Å²) < 4.78 is 11.6. The molecule has 1 unspecified atom stereocenters. The normalized spacial score (nSPS) is 17.2. The summed E-state index contributed by atoms with van der Waals surface area (Å²) in [6, 6.07) is 21.3. The summed E-state index contributed by atoms with van der Waals surface area (Å²) >= 11 is 0. The second-order valence-corrected chi connectivity index (χ2v) is 10.9. The van der Waals surface area contributed by atoms with E-state index in [2.05, 4.69) is 0 Å². The van der Waals surface area contributed by atoms with Crippen molar-refractivity contribution in [1.29, 1.82) is 0 Å². The summed E-state index contributed by atoms with van der Waals surface area (Å²) in [5.74, 6) is -0.172. The largest absolute Gasteiger partial charge is 0.507 e. The quantitative estimate of drug-likeness (QED) is 0.219. The predicted molar refractivity (Wildman–Crippen MR) is 148 cm³/mol. The molecule has 1 aliphatic heterocycles. The number of aryl methyl sites for hydroxylation is 1. The van der Waals surface area contributed by atoms with Crippen molar-refractivity contribution in [3.63, 3.8) is 0 Å². The van der Waals surface area contributed by atoms with E-state index in [1.807, 2.05) is 90.1 Å². The van der Waals surface area contributed by atoms with E-state index in [4.69, 9.17) is 9.47 Å². The minimum Gasteiger partial charge on any atom is -0.507 e. The average molecular weight is 514 g/mol. The molecule has 198 valence electrons. The summed E-state index contributed by atoms with van der Waals surface area (Å²) in [7, 11) is 0. The third-order valence-electron chi connectivity index (χ3n) is 6.10. The van der Waals surface area contributed by atoms with E-state index >= 15 is 0 Å². The molecule has 38 heavy (non-hydrogen) atoms. The van der Waals surface area contributed by atoms with Crippen molar-refractivity contribution in [2.45, 2.75) is 65.8 Å². The Kier molecular flexibility index (Phi) is 7.63. The van der Waals surface area contributed by atoms with Gasteiger partial charge in [-0.1, -0.05) is 42.0 Å². The van der Waals surface area contributed by atoms with Crippen molar-refractivity contribution in [3.8, 4) is 11.5 Å². The number of likely N-dealkylation sites (tertiary alicyclic amines) is 1. The Morgan fingerprint density at radius 2 is 1.58 bits per heavy atom. The predicted octanol–water partition coefficient (Wildman–Crippen LogP) is 6.58. The van der Waals surface area contributed by atoms with Crippen LogP contribution >= 0.6 is 0 Å². The maximum Gasteiger partial charge on any atom is 0.295 e. The highest BCUT2D eigenvalue weighted by molar-refractivity contribution is 6.46. The molecule has 0 bridgehead atoms. The molecule has 6 heteroatoms. The van der Waals surface area contributed by atoms with Gasteiger partial charge in [-0.25, -0.2) is 0 Å². The van der Waals surface area contributed by atoms with Gasteiger partial charge in [-0.15, -0.1) is 0 Å². The molecule has 1 heterocycles. The zero-order chi connectivity index (χ0) is 27.6. The van der Waals surface area contributed by atoms with E-state index in [1.54, 1.807) is 24.3 Å². The number of rotatable bonds is 7. The van der Waals surface area contributed by atoms with Gasteiger partial charge in [0.1, 0.15) is 22.9 Å². The van der Waals surface area contributed by atoms with Crippen LogP contribution in [0.25, 0.3) is 5.76 Å². The number of benzene rings is 3. The number of aliphatic hydroxyl groups excluding tert-OH is 1. The number of hydrogen-bond acceptors (Lipinski definition) is 5. The van der Waals surface area contributed by atoms with Gasteiger partial charge in [0.2, 0.25) is 0 Å². The first kappa shape index (κ1) is 27.0. The maximum atomic E-state index is 13.4. The van der Waals surface area contributed by atoms with Crippen LogP contribution in [0.5, 0.6) is 11.5 Å². The number of aliphatic hydroxyl groups is 1. The molecule has 1 amide bonds. The lowest BCUT2D eigenvalue weighted by molar-refractivity contribution is -0.140. The van der Waals surface area contributed by atoms with Crippen LogP contribution in [-0.4, -0.2) is 33.4 Å². The number of carbonyl (C=O) groups is 2. The lowest BCUT2D eigenvalue weighted by Crippen LogP contribution is -2.29. The molecule has 0 spiro atoms. The van der Waals surface area contributed by atoms with E-state index < -0.39 is 17.7 Å². The third kappa shape index (κ3) is 6.08. The number of ether oxygens (including phenoxy) is 2. The van der Waals surface area contributed by atoms with Gasteiger partial charge < -0.3 is 19.5 Å². The molecule has 0 saturated carbocycles. The molecule has 6 nitrogen and oxygen atoms in total. The summed E-state index contributed by atoms with van der Waals surface area (Å²) in [5, 5.41) is 11.3. The standard InChI is InChI=1S/C32H35NO5/c1-20(2)37-25-16-12-23(13-17-25)29(34)27-28(24-9-7-8-21(3)18-24)33(31(36)30(27)35)19-22-10-14-26(15-11-22)38-32(4,5)6/h7-18,20,28,34H,19H2,1-6H3/b29-27-. The highest BCUT2D eigenvalue weighted by Gasteiger charge is 2.46. The topological polar surface area (TPSA) is 76.1 Å². The Balaban J connectivity index is 1.73. The molecule has 1 N–H and O–H groups in total. The molecule has 1 saturated heterocycles. The Morgan fingerprint density at radius 3 is 2.16 bits per heavy atom. The monoisotopic (exact) mass is 513 g/mol. The Bertz CT molecular complexity index is 1350. The van der Waals surface area contributed by atoms with Crippen LogP contribution in [0.3, 0.4) is 0 Å². The number of amides is 1. The Morgan fingerprint density at radius 1 is 0.947 bits per heavy atom. The van der Waals surface area contributed by atoms with Crippen LogP contribution in [0.15, 0.2) is 78.4 Å². The minimum absolute atomic E-state index is 0.00943. The first-order chi connectivity index (χ1) is 17.9. The lowest BCUT2D eigenvalue weighted by atomic mass is 9.94. The van der Waals surface area contributed by atoms with E-state index in [9.17, 15) is 14.7 Å². The molecule has 0 aliphatic carbocycles. The molecule has 4 rings (SSSR count). The zero-order valence-electron chi connectivity index (χ0n) is 22.8. The van der Waals surface area contributed by atoms with E-state index in [0.29, 0.717) is 11.3 Å². The number of Topliss-reactive ketones (excluding diaryl/α,β-unsaturated/α-hetero) is 1. The average Bonchev–Trinajstić information content (AvgIpc) is 3.09. The van der Waals surface area contributed by atoms with Crippen molar-refractivity contribution >= 4 is 17.4 Å². The van der Waals surface area contributed by atoms with Crippen LogP contribution in [0, 0.1) is 6.92 Å². The minimum atomic E-state index is -0.730. The van der Waals surface area contributed by atoms with Crippen LogP contribution in [0.1, 0.15) is 62.9 Å². The molecule has 1 fully saturated rings. The third-order valence-corrected chi connectivity index (χ3v) is 6.10. The van der Waals surface area contributed by atoms with Gasteiger partial charge in [0.05, 0.1) is 17.7 Å². The zero-order valence-corrected chi connectivity index (χ0v) is 22.8. The first-order valence-electron chi connectivity index (χ1n) is 12.8. The molecule has 1 aliphatic rings. The first-order valence-corrected chi connectivity index (χ1v) is 12.8. The fraction of sp³-hybridized carbons (Fsp3) is 0.312. The van der Waals surface area contributed by atoms with E-state index in [-0.39, 0.29) is 29.6 Å². The Labute approximate surface area is 224 Å². The van der Waals surface area contributed by atoms with Gasteiger partial charge in [-0.2, -0.15) is 0 Å².